The lowest BCUT2D eigenvalue weighted by molar-refractivity contribution is 0.0595. The minimum Gasteiger partial charge on any atom is -0.487 e. The summed E-state index contributed by atoms with van der Waals surface area (Å²) in [4.78, 5) is 11.3. The molecule has 0 fully saturated rings. The molecule has 0 aliphatic heterocycles. The maximum atomic E-state index is 13.8. The molecule has 0 aliphatic carbocycles. The topological polar surface area (TPSA) is 35.5 Å². The maximum Gasteiger partial charge on any atom is 0.340 e. The summed E-state index contributed by atoms with van der Waals surface area (Å²) in [7, 11) is 1.21. The fourth-order valence-electron chi connectivity index (χ4n) is 1.70. The molecule has 0 heterocycles. The van der Waals surface area contributed by atoms with E-state index in [0.29, 0.717) is 11.3 Å². The second-order valence-electron chi connectivity index (χ2n) is 4.15. The molecule has 6 heteroatoms. The highest BCUT2D eigenvalue weighted by atomic mass is 79.9. The van der Waals surface area contributed by atoms with Crippen LogP contribution in [0.1, 0.15) is 15.9 Å². The fraction of sp³-hybridized carbons (Fsp3) is 0.133. The predicted molar refractivity (Wildman–Crippen MR) is 83.9 cm³/mol. The van der Waals surface area contributed by atoms with Crippen molar-refractivity contribution in [2.75, 3.05) is 7.11 Å². The van der Waals surface area contributed by atoms with Crippen LogP contribution in [0.3, 0.4) is 0 Å². The molecule has 0 radical (unpaired) electrons. The monoisotopic (exact) mass is 416 g/mol. The summed E-state index contributed by atoms with van der Waals surface area (Å²) in [6.07, 6.45) is 0. The fourth-order valence-corrected chi connectivity index (χ4v) is 2.93. The maximum absolute atomic E-state index is 13.8. The summed E-state index contributed by atoms with van der Waals surface area (Å²) in [6, 6.07) is 9.83. The number of benzene rings is 2. The van der Waals surface area contributed by atoms with Gasteiger partial charge in [-0.05, 0) is 61.7 Å². The Hall–Kier alpha value is -1.40. The highest BCUT2D eigenvalue weighted by Gasteiger charge is 2.13. The number of para-hydroxylation sites is 1. The summed E-state index contributed by atoms with van der Waals surface area (Å²) in [5, 5.41) is 0. The zero-order valence-electron chi connectivity index (χ0n) is 11.0. The molecule has 0 atom stereocenters. The summed E-state index contributed by atoms with van der Waals surface area (Å²) >= 11 is 6.77. The summed E-state index contributed by atoms with van der Waals surface area (Å²) in [5.74, 6) is -0.697. The van der Waals surface area contributed by atoms with E-state index in [1.807, 2.05) is 18.2 Å². The lowest BCUT2D eigenvalue weighted by Gasteiger charge is -2.11. The first-order valence-electron chi connectivity index (χ1n) is 5.96. The van der Waals surface area contributed by atoms with Crippen LogP contribution in [-0.4, -0.2) is 13.1 Å². The SMILES string of the molecule is COC(=O)c1ccc(COc2c(Br)cccc2Br)cc1F. The zero-order valence-corrected chi connectivity index (χ0v) is 14.2. The minimum atomic E-state index is -0.700. The van der Waals surface area contributed by atoms with Crippen LogP contribution < -0.4 is 4.74 Å². The minimum absolute atomic E-state index is 0.0941. The number of hydrogen-bond donors (Lipinski definition) is 0. The highest BCUT2D eigenvalue weighted by Crippen LogP contribution is 2.33. The number of carbonyl (C=O) groups is 1. The van der Waals surface area contributed by atoms with Gasteiger partial charge in [0, 0.05) is 0 Å². The van der Waals surface area contributed by atoms with Crippen LogP contribution in [-0.2, 0) is 11.3 Å². The van der Waals surface area contributed by atoms with Gasteiger partial charge >= 0.3 is 5.97 Å². The van der Waals surface area contributed by atoms with E-state index in [-0.39, 0.29) is 12.2 Å². The smallest absolute Gasteiger partial charge is 0.340 e. The molecule has 2 rings (SSSR count). The van der Waals surface area contributed by atoms with Gasteiger partial charge in [0.1, 0.15) is 18.2 Å². The molecule has 2 aromatic carbocycles. The third kappa shape index (κ3) is 3.83. The molecule has 21 heavy (non-hydrogen) atoms. The molecule has 2 aromatic rings. The van der Waals surface area contributed by atoms with Crippen LogP contribution in [0.5, 0.6) is 5.75 Å². The Morgan fingerprint density at radius 1 is 1.19 bits per heavy atom. The zero-order chi connectivity index (χ0) is 15.4. The van der Waals surface area contributed by atoms with Crippen LogP contribution in [0.15, 0.2) is 45.3 Å². The number of halogens is 3. The van der Waals surface area contributed by atoms with Crippen LogP contribution in [0, 0.1) is 5.82 Å². The summed E-state index contributed by atoms with van der Waals surface area (Å²) < 4.78 is 25.5. The Kier molecular flexibility index (Phi) is 5.36. The van der Waals surface area contributed by atoms with Gasteiger partial charge in [-0.1, -0.05) is 12.1 Å². The van der Waals surface area contributed by atoms with E-state index in [2.05, 4.69) is 36.6 Å². The van der Waals surface area contributed by atoms with Crippen LogP contribution in [0.25, 0.3) is 0 Å². The van der Waals surface area contributed by atoms with E-state index >= 15 is 0 Å². The van der Waals surface area contributed by atoms with Crippen molar-refractivity contribution < 1.29 is 18.7 Å². The van der Waals surface area contributed by atoms with Gasteiger partial charge in [0.25, 0.3) is 0 Å². The molecule has 0 saturated carbocycles. The van der Waals surface area contributed by atoms with E-state index in [1.54, 1.807) is 6.07 Å². The first-order chi connectivity index (χ1) is 10.0. The summed E-state index contributed by atoms with van der Waals surface area (Å²) in [5.41, 5.74) is 0.520. The van der Waals surface area contributed by atoms with Crippen LogP contribution in [0.4, 0.5) is 4.39 Å². The normalized spacial score (nSPS) is 10.3. The largest absolute Gasteiger partial charge is 0.487 e. The molecule has 0 spiro atoms. The number of rotatable bonds is 4. The third-order valence-corrected chi connectivity index (χ3v) is 3.99. The van der Waals surface area contributed by atoms with Gasteiger partial charge in [-0.3, -0.25) is 0 Å². The van der Waals surface area contributed by atoms with Crippen molar-refractivity contribution in [1.82, 2.24) is 0 Å². The number of carbonyl (C=O) groups excluding carboxylic acids is 1. The predicted octanol–water partition coefficient (Wildman–Crippen LogP) is 4.72. The molecular formula is C15H11Br2FO3. The molecule has 0 unspecified atom stereocenters. The van der Waals surface area contributed by atoms with Crippen molar-refractivity contribution in [2.45, 2.75) is 6.61 Å². The Labute approximate surface area is 138 Å². The lowest BCUT2D eigenvalue weighted by Crippen LogP contribution is -2.05. The van der Waals surface area contributed by atoms with E-state index in [4.69, 9.17) is 4.74 Å². The van der Waals surface area contributed by atoms with Crippen molar-refractivity contribution in [3.05, 3.63) is 62.3 Å². The van der Waals surface area contributed by atoms with Gasteiger partial charge in [0.2, 0.25) is 0 Å². The Morgan fingerprint density at radius 3 is 2.43 bits per heavy atom. The summed E-state index contributed by atoms with van der Waals surface area (Å²) in [6.45, 7) is 0.180. The first kappa shape index (κ1) is 16.0. The Bertz CT molecular complexity index is 654. The first-order valence-corrected chi connectivity index (χ1v) is 7.55. The van der Waals surface area contributed by atoms with Crippen molar-refractivity contribution in [2.24, 2.45) is 0 Å². The molecule has 0 saturated heterocycles. The van der Waals surface area contributed by atoms with Gasteiger partial charge in [-0.15, -0.1) is 0 Å². The van der Waals surface area contributed by atoms with E-state index in [9.17, 15) is 9.18 Å². The molecule has 0 amide bonds. The van der Waals surface area contributed by atoms with Crippen LogP contribution >= 0.6 is 31.9 Å². The van der Waals surface area contributed by atoms with E-state index in [0.717, 1.165) is 8.95 Å². The second-order valence-corrected chi connectivity index (χ2v) is 5.85. The number of ether oxygens (including phenoxy) is 2. The van der Waals surface area contributed by atoms with Gasteiger partial charge in [0.05, 0.1) is 21.6 Å². The average Bonchev–Trinajstić information content (AvgIpc) is 2.46. The number of hydrogen-bond acceptors (Lipinski definition) is 3. The van der Waals surface area contributed by atoms with Crippen LogP contribution in [0.2, 0.25) is 0 Å². The van der Waals surface area contributed by atoms with E-state index < -0.39 is 11.8 Å². The number of esters is 1. The van der Waals surface area contributed by atoms with E-state index in [1.165, 1.54) is 19.2 Å². The molecule has 3 nitrogen and oxygen atoms in total. The molecule has 110 valence electrons. The van der Waals surface area contributed by atoms with Gasteiger partial charge in [0.15, 0.2) is 0 Å². The van der Waals surface area contributed by atoms with Gasteiger partial charge < -0.3 is 9.47 Å². The Balaban J connectivity index is 2.14. The quantitative estimate of drug-likeness (QED) is 0.675. The second kappa shape index (κ2) is 7.04. The standard InChI is InChI=1S/C15H11Br2FO3/c1-20-15(19)10-6-5-9(7-13(10)18)8-21-14-11(16)3-2-4-12(14)17/h2-7H,8H2,1H3. The third-order valence-electron chi connectivity index (χ3n) is 2.74. The van der Waals surface area contributed by atoms with Crippen molar-refractivity contribution in [3.63, 3.8) is 0 Å². The highest BCUT2D eigenvalue weighted by molar-refractivity contribution is 9.11. The lowest BCUT2D eigenvalue weighted by atomic mass is 10.1. The molecule has 0 N–H and O–H groups in total. The number of methoxy groups -OCH3 is 1. The van der Waals surface area contributed by atoms with Gasteiger partial charge in [-0.25, -0.2) is 9.18 Å². The van der Waals surface area contributed by atoms with Crippen molar-refractivity contribution in [3.8, 4) is 5.75 Å². The molecule has 0 aliphatic rings. The Morgan fingerprint density at radius 2 is 1.86 bits per heavy atom. The molecule has 0 aromatic heterocycles. The average molecular weight is 418 g/mol. The van der Waals surface area contributed by atoms with Gasteiger partial charge in [-0.2, -0.15) is 0 Å². The van der Waals surface area contributed by atoms with Crippen molar-refractivity contribution in [1.29, 1.82) is 0 Å². The molecular weight excluding hydrogens is 407 g/mol. The van der Waals surface area contributed by atoms with Crippen molar-refractivity contribution >= 4 is 37.8 Å². The molecule has 0 bridgehead atoms.